The number of phosphoric ester groups is 1. The Balaban J connectivity index is 4.19. The van der Waals surface area contributed by atoms with Gasteiger partial charge in [0, 0.05) is 13.0 Å². The van der Waals surface area contributed by atoms with Crippen LogP contribution in [0.3, 0.4) is 0 Å². The average Bonchev–Trinajstić information content (AvgIpc) is 2.70. The van der Waals surface area contributed by atoms with E-state index in [1.807, 2.05) is 0 Å². The lowest BCUT2D eigenvalue weighted by Crippen LogP contribution is -2.40. The summed E-state index contributed by atoms with van der Waals surface area (Å²) in [7, 11) is -4.57. The predicted octanol–water partition coefficient (Wildman–Crippen LogP) is 3.57. The summed E-state index contributed by atoms with van der Waals surface area (Å²) in [4.78, 5) is 26.1. The number of hydrogen-bond donors (Lipinski definition) is 4. The zero-order valence-electron chi connectivity index (χ0n) is 17.7. The normalized spacial score (nSPS) is 15.8. The van der Waals surface area contributed by atoms with Crippen LogP contribution >= 0.6 is 7.82 Å². The molecular weight excluding hydrogens is 401 g/mol. The molecule has 0 heterocycles. The molecule has 0 saturated carbocycles. The van der Waals surface area contributed by atoms with Crippen molar-refractivity contribution in [1.29, 1.82) is 0 Å². The number of carbonyl (C=O) groups excluding carboxylic acids is 1. The summed E-state index contributed by atoms with van der Waals surface area (Å²) in [6.07, 6.45) is 9.40. The Labute approximate surface area is 174 Å². The van der Waals surface area contributed by atoms with E-state index in [0.29, 0.717) is 6.42 Å². The lowest BCUT2D eigenvalue weighted by Gasteiger charge is -2.24. The van der Waals surface area contributed by atoms with Gasteiger partial charge in [0.25, 0.3) is 0 Å². The van der Waals surface area contributed by atoms with Crippen LogP contribution in [0.4, 0.5) is 0 Å². The van der Waals surface area contributed by atoms with E-state index in [2.05, 4.69) is 16.3 Å². The summed E-state index contributed by atoms with van der Waals surface area (Å²) in [6.45, 7) is 1.20. The Hall–Kier alpha value is -0.380. The first kappa shape index (κ1) is 28.6. The second-order valence-electron chi connectivity index (χ2n) is 7.19. The monoisotopic (exact) mass is 441 g/mol. The van der Waals surface area contributed by atoms with E-state index in [1.54, 1.807) is 0 Å². The molecule has 0 radical (unpaired) electrons. The molecule has 0 aromatic heterocycles. The number of phosphoric acid groups is 1. The number of aliphatic hydroxyl groups is 1. The summed E-state index contributed by atoms with van der Waals surface area (Å²) in [5, 5.41) is 18.1. The Kier molecular flexibility index (Phi) is 18.2. The Morgan fingerprint density at radius 3 is 1.97 bits per heavy atom. The summed E-state index contributed by atoms with van der Waals surface area (Å²) >= 11 is 0. The van der Waals surface area contributed by atoms with Gasteiger partial charge in [-0.15, -0.1) is 0 Å². The first-order valence-electron chi connectivity index (χ1n) is 10.7. The van der Waals surface area contributed by atoms with Gasteiger partial charge in [-0.3, -0.25) is 19.1 Å². The molecule has 0 amide bonds. The summed E-state index contributed by atoms with van der Waals surface area (Å²) in [5.41, 5.74) is 5.21. The highest BCUT2D eigenvalue weighted by molar-refractivity contribution is 7.47. The second-order valence-corrected chi connectivity index (χ2v) is 8.60. The molecule has 0 aromatic rings. The minimum Gasteiger partial charge on any atom is -0.393 e. The Morgan fingerprint density at radius 2 is 1.52 bits per heavy atom. The van der Waals surface area contributed by atoms with Crippen LogP contribution < -0.4 is 5.73 Å². The van der Waals surface area contributed by atoms with E-state index in [0.717, 1.165) is 19.3 Å². The molecule has 0 saturated heterocycles. The minimum atomic E-state index is -4.57. The first-order valence-corrected chi connectivity index (χ1v) is 12.2. The molecule has 0 aromatic carbocycles. The average molecular weight is 442 g/mol. The molecule has 9 nitrogen and oxygen atoms in total. The molecule has 10 heteroatoms. The Bertz CT molecular complexity index is 448. The van der Waals surface area contributed by atoms with Gasteiger partial charge in [0.05, 0.1) is 13.2 Å². The number of Topliss-reactive ketones (excluding diaryl/α,β-unsaturated/α-hetero) is 1. The van der Waals surface area contributed by atoms with Gasteiger partial charge in [0.2, 0.25) is 0 Å². The number of nitrogens with two attached hydrogens (primary N) is 1. The van der Waals surface area contributed by atoms with Crippen LogP contribution in [0.1, 0.15) is 84.0 Å². The molecule has 0 bridgehead atoms. The predicted molar refractivity (Wildman–Crippen MR) is 110 cm³/mol. The maximum atomic E-state index is 12.4. The number of aliphatic hydroxyl groups excluding tert-OH is 1. The van der Waals surface area contributed by atoms with Gasteiger partial charge in [-0.2, -0.15) is 0 Å². The van der Waals surface area contributed by atoms with Crippen LogP contribution in [0.15, 0.2) is 0 Å². The fourth-order valence-corrected chi connectivity index (χ4v) is 3.90. The van der Waals surface area contributed by atoms with Gasteiger partial charge in [0.1, 0.15) is 6.10 Å². The van der Waals surface area contributed by atoms with Crippen LogP contribution in [-0.4, -0.2) is 53.0 Å². The van der Waals surface area contributed by atoms with Gasteiger partial charge >= 0.3 is 7.82 Å². The molecule has 0 aliphatic carbocycles. The summed E-state index contributed by atoms with van der Waals surface area (Å²) in [6, 6.07) is 0. The van der Waals surface area contributed by atoms with Crippen molar-refractivity contribution < 1.29 is 38.6 Å². The van der Waals surface area contributed by atoms with Crippen LogP contribution in [0, 0.1) is 0 Å². The molecule has 0 spiro atoms. The van der Waals surface area contributed by atoms with Crippen molar-refractivity contribution in [1.82, 2.24) is 0 Å². The molecule has 2 unspecified atom stereocenters. The van der Waals surface area contributed by atoms with E-state index < -0.39 is 32.4 Å². The van der Waals surface area contributed by atoms with E-state index >= 15 is 0 Å². The van der Waals surface area contributed by atoms with E-state index in [-0.39, 0.29) is 19.6 Å². The standard InChI is InChI=1S/C19H40NO8P/c1-2-3-4-5-6-7-8-9-10-11-12-13-17(22)19(18(16-21)27-23)28-29(24,25)26-15-14-20/h18-19,21,23H,2-16,20H2,1H3,(H,24,25)/t18-,19?/m0/s1. The highest BCUT2D eigenvalue weighted by Gasteiger charge is 2.37. The number of carbonyl (C=O) groups is 1. The van der Waals surface area contributed by atoms with Gasteiger partial charge in [0.15, 0.2) is 11.9 Å². The van der Waals surface area contributed by atoms with Crippen molar-refractivity contribution in [3.63, 3.8) is 0 Å². The van der Waals surface area contributed by atoms with Gasteiger partial charge in [-0.05, 0) is 6.42 Å². The van der Waals surface area contributed by atoms with Crippen LogP contribution in [0.25, 0.3) is 0 Å². The molecule has 29 heavy (non-hydrogen) atoms. The van der Waals surface area contributed by atoms with Crippen LogP contribution in [0.2, 0.25) is 0 Å². The molecule has 0 aliphatic heterocycles. The third-order valence-electron chi connectivity index (χ3n) is 4.62. The molecule has 0 aliphatic rings. The summed E-state index contributed by atoms with van der Waals surface area (Å²) in [5.74, 6) is -0.542. The van der Waals surface area contributed by atoms with Gasteiger partial charge < -0.3 is 15.7 Å². The minimum absolute atomic E-state index is 0.00874. The van der Waals surface area contributed by atoms with Crippen molar-refractivity contribution in [2.45, 2.75) is 96.2 Å². The quantitative estimate of drug-likeness (QED) is 0.0907. The number of rotatable bonds is 21. The number of ketones is 1. The summed E-state index contributed by atoms with van der Waals surface area (Å²) < 4.78 is 21.3. The van der Waals surface area contributed by atoms with Gasteiger partial charge in [-0.25, -0.2) is 9.45 Å². The van der Waals surface area contributed by atoms with Gasteiger partial charge in [-0.1, -0.05) is 71.1 Å². The topological polar surface area (TPSA) is 149 Å². The number of unbranched alkanes of at least 4 members (excludes halogenated alkanes) is 10. The molecule has 0 rings (SSSR count). The fourth-order valence-electron chi connectivity index (χ4n) is 2.97. The van der Waals surface area contributed by atoms with Crippen molar-refractivity contribution in [3.8, 4) is 0 Å². The van der Waals surface area contributed by atoms with Crippen LogP contribution in [-0.2, 0) is 23.3 Å². The zero-order chi connectivity index (χ0) is 22.0. The highest BCUT2D eigenvalue weighted by atomic mass is 31.2. The van der Waals surface area contributed by atoms with Crippen molar-refractivity contribution >= 4 is 13.6 Å². The first-order chi connectivity index (χ1) is 13.9. The van der Waals surface area contributed by atoms with E-state index in [9.17, 15) is 19.4 Å². The maximum absolute atomic E-state index is 12.4. The molecular formula is C19H40NO8P. The Morgan fingerprint density at radius 1 is 1.00 bits per heavy atom. The lowest BCUT2D eigenvalue weighted by atomic mass is 10.0. The van der Waals surface area contributed by atoms with Crippen molar-refractivity contribution in [3.05, 3.63) is 0 Å². The van der Waals surface area contributed by atoms with Crippen molar-refractivity contribution in [2.24, 2.45) is 5.73 Å². The largest absolute Gasteiger partial charge is 0.473 e. The molecule has 0 fully saturated rings. The maximum Gasteiger partial charge on any atom is 0.473 e. The molecule has 5 N–H and O–H groups in total. The second kappa shape index (κ2) is 18.4. The zero-order valence-corrected chi connectivity index (χ0v) is 18.6. The molecule has 3 atom stereocenters. The fraction of sp³-hybridized carbons (Fsp3) is 0.947. The third kappa shape index (κ3) is 15.1. The van der Waals surface area contributed by atoms with E-state index in [1.165, 1.54) is 44.9 Å². The highest BCUT2D eigenvalue weighted by Crippen LogP contribution is 2.45. The lowest BCUT2D eigenvalue weighted by molar-refractivity contribution is -0.298. The SMILES string of the molecule is CCCCCCCCCCCCCC(=O)C(OP(=O)(O)OCCN)[C@H](CO)OO. The third-order valence-corrected chi connectivity index (χ3v) is 5.62. The smallest absolute Gasteiger partial charge is 0.393 e. The molecule has 174 valence electrons. The van der Waals surface area contributed by atoms with E-state index in [4.69, 9.17) is 15.5 Å². The van der Waals surface area contributed by atoms with Crippen molar-refractivity contribution in [2.75, 3.05) is 19.8 Å². The number of hydrogen-bond acceptors (Lipinski definition) is 8. The van der Waals surface area contributed by atoms with Crippen LogP contribution in [0.5, 0.6) is 0 Å².